The summed E-state index contributed by atoms with van der Waals surface area (Å²) >= 11 is 0. The fourth-order valence-corrected chi connectivity index (χ4v) is 1.36. The highest BCUT2D eigenvalue weighted by Crippen LogP contribution is 1.97. The van der Waals surface area contributed by atoms with E-state index in [4.69, 9.17) is 0 Å². The number of hydrogen-bond donors (Lipinski definition) is 2. The number of nitrogens with one attached hydrogen (secondary N) is 2. The number of amides is 2. The molecule has 1 atom stereocenters. The lowest BCUT2D eigenvalue weighted by atomic mass is 10.1. The molecule has 0 aliphatic heterocycles. The van der Waals surface area contributed by atoms with E-state index in [1.807, 2.05) is 13.0 Å². The first-order valence-electron chi connectivity index (χ1n) is 5.68. The predicted molar refractivity (Wildman–Crippen MR) is 66.3 cm³/mol. The summed E-state index contributed by atoms with van der Waals surface area (Å²) in [5, 5.41) is 13.2. The third-order valence-electron chi connectivity index (χ3n) is 2.34. The molecule has 0 aliphatic rings. The van der Waals surface area contributed by atoms with Crippen molar-refractivity contribution in [3.05, 3.63) is 36.7 Å². The molecule has 0 aromatic carbocycles. The molecule has 1 heterocycles. The molecule has 17 heavy (non-hydrogen) atoms. The van der Waals surface area contributed by atoms with E-state index in [9.17, 15) is 4.79 Å². The molecule has 1 rings (SSSR count). The smallest absolute Gasteiger partial charge is 0.315 e. The van der Waals surface area contributed by atoms with Crippen LogP contribution in [0.4, 0.5) is 4.79 Å². The van der Waals surface area contributed by atoms with Crippen molar-refractivity contribution in [2.24, 2.45) is 0 Å². The van der Waals surface area contributed by atoms with Crippen molar-refractivity contribution in [2.45, 2.75) is 32.4 Å². The molecule has 5 heteroatoms. The van der Waals surface area contributed by atoms with E-state index in [0.717, 1.165) is 18.5 Å². The molecule has 0 bridgehead atoms. The van der Waals surface area contributed by atoms with Crippen molar-refractivity contribution in [3.8, 4) is 0 Å². The predicted octanol–water partition coefficient (Wildman–Crippen LogP) is 1.63. The van der Waals surface area contributed by atoms with Gasteiger partial charge >= 0.3 is 6.03 Å². The summed E-state index contributed by atoms with van der Waals surface area (Å²) in [5.41, 5.74) is 0.736. The largest absolute Gasteiger partial charge is 0.335 e. The Morgan fingerprint density at radius 2 is 2.47 bits per heavy atom. The number of urea groups is 1. The summed E-state index contributed by atoms with van der Waals surface area (Å²) in [7, 11) is 0. The van der Waals surface area contributed by atoms with E-state index in [0.29, 0.717) is 6.54 Å². The lowest BCUT2D eigenvalue weighted by molar-refractivity contribution is 0.236. The number of hydrogen-bond acceptors (Lipinski definition) is 3. The van der Waals surface area contributed by atoms with Crippen LogP contribution in [0.15, 0.2) is 31.0 Å². The Morgan fingerprint density at radius 1 is 1.65 bits per heavy atom. The third kappa shape index (κ3) is 5.10. The van der Waals surface area contributed by atoms with Crippen LogP contribution in [0, 0.1) is 0 Å². The molecular formula is C12H18N4O. The van der Waals surface area contributed by atoms with Gasteiger partial charge in [0.25, 0.3) is 0 Å². The average Bonchev–Trinajstić information content (AvgIpc) is 2.37. The molecule has 0 saturated heterocycles. The summed E-state index contributed by atoms with van der Waals surface area (Å²) < 4.78 is 0. The fraction of sp³-hybridized carbons (Fsp3) is 0.417. The van der Waals surface area contributed by atoms with Crippen LogP contribution in [-0.4, -0.2) is 22.3 Å². The molecule has 2 N–H and O–H groups in total. The van der Waals surface area contributed by atoms with Crippen molar-refractivity contribution in [1.82, 2.24) is 20.8 Å². The van der Waals surface area contributed by atoms with Gasteiger partial charge in [-0.25, -0.2) is 4.79 Å². The van der Waals surface area contributed by atoms with Gasteiger partial charge in [-0.05, 0) is 25.0 Å². The van der Waals surface area contributed by atoms with Gasteiger partial charge in [-0.2, -0.15) is 10.2 Å². The zero-order valence-electron chi connectivity index (χ0n) is 10.0. The maximum Gasteiger partial charge on any atom is 0.315 e. The molecule has 0 fully saturated rings. The summed E-state index contributed by atoms with van der Waals surface area (Å²) in [6, 6.07) is 3.54. The van der Waals surface area contributed by atoms with Crippen LogP contribution in [0.5, 0.6) is 0 Å². The molecule has 1 aromatic rings. The van der Waals surface area contributed by atoms with Crippen LogP contribution in [0.1, 0.15) is 25.5 Å². The number of nitrogens with zero attached hydrogens (tertiary/aromatic N) is 2. The van der Waals surface area contributed by atoms with Crippen molar-refractivity contribution in [3.63, 3.8) is 0 Å². The summed E-state index contributed by atoms with van der Waals surface area (Å²) in [6.45, 7) is 6.06. The van der Waals surface area contributed by atoms with Gasteiger partial charge in [-0.1, -0.05) is 13.0 Å². The third-order valence-corrected chi connectivity index (χ3v) is 2.34. The Bertz CT molecular complexity index is 353. The molecule has 0 aliphatic carbocycles. The summed E-state index contributed by atoms with van der Waals surface area (Å²) in [5.74, 6) is 0. The van der Waals surface area contributed by atoms with Gasteiger partial charge in [0, 0.05) is 12.2 Å². The van der Waals surface area contributed by atoms with Gasteiger partial charge in [-0.15, -0.1) is 6.58 Å². The first-order valence-corrected chi connectivity index (χ1v) is 5.68. The van der Waals surface area contributed by atoms with Gasteiger partial charge in [0.05, 0.1) is 12.2 Å². The van der Waals surface area contributed by atoms with Crippen LogP contribution in [0.3, 0.4) is 0 Å². The quantitative estimate of drug-likeness (QED) is 0.735. The molecule has 2 amide bonds. The zero-order chi connectivity index (χ0) is 12.5. The first-order chi connectivity index (χ1) is 8.26. The van der Waals surface area contributed by atoms with Crippen LogP contribution >= 0.6 is 0 Å². The molecule has 0 spiro atoms. The van der Waals surface area contributed by atoms with E-state index < -0.39 is 0 Å². The molecule has 5 nitrogen and oxygen atoms in total. The minimum atomic E-state index is -0.190. The van der Waals surface area contributed by atoms with Gasteiger partial charge in [0.2, 0.25) is 0 Å². The molecule has 92 valence electrons. The molecule has 1 unspecified atom stereocenters. The number of rotatable bonds is 6. The summed E-state index contributed by atoms with van der Waals surface area (Å²) in [6.07, 6.45) is 5.05. The number of carbonyl (C=O) groups excluding carboxylic acids is 1. The zero-order valence-corrected chi connectivity index (χ0v) is 10.0. The van der Waals surface area contributed by atoms with Gasteiger partial charge in [0.15, 0.2) is 0 Å². The topological polar surface area (TPSA) is 66.9 Å². The lowest BCUT2D eigenvalue weighted by Crippen LogP contribution is -2.41. The van der Waals surface area contributed by atoms with Gasteiger partial charge < -0.3 is 10.6 Å². The van der Waals surface area contributed by atoms with Crippen molar-refractivity contribution in [2.75, 3.05) is 0 Å². The Balaban J connectivity index is 2.32. The molecule has 0 radical (unpaired) electrons. The van der Waals surface area contributed by atoms with Crippen LogP contribution in [0.25, 0.3) is 0 Å². The van der Waals surface area contributed by atoms with E-state index in [2.05, 4.69) is 27.4 Å². The fourth-order valence-electron chi connectivity index (χ4n) is 1.36. The van der Waals surface area contributed by atoms with Crippen LogP contribution in [-0.2, 0) is 6.54 Å². The highest BCUT2D eigenvalue weighted by atomic mass is 16.2. The Labute approximate surface area is 101 Å². The average molecular weight is 234 g/mol. The Morgan fingerprint density at radius 3 is 3.06 bits per heavy atom. The maximum absolute atomic E-state index is 11.6. The monoisotopic (exact) mass is 234 g/mol. The highest BCUT2D eigenvalue weighted by Gasteiger charge is 2.08. The normalized spacial score (nSPS) is 11.6. The van der Waals surface area contributed by atoms with Crippen molar-refractivity contribution in [1.29, 1.82) is 0 Å². The van der Waals surface area contributed by atoms with Crippen molar-refractivity contribution < 1.29 is 4.79 Å². The second kappa shape index (κ2) is 7.38. The van der Waals surface area contributed by atoms with Crippen LogP contribution in [0.2, 0.25) is 0 Å². The maximum atomic E-state index is 11.6. The Hall–Kier alpha value is -1.91. The molecule has 0 saturated carbocycles. The van der Waals surface area contributed by atoms with Gasteiger partial charge in [-0.3, -0.25) is 0 Å². The number of carbonyl (C=O) groups is 1. The van der Waals surface area contributed by atoms with E-state index in [-0.39, 0.29) is 12.1 Å². The first kappa shape index (κ1) is 13.2. The minimum absolute atomic E-state index is 0.134. The van der Waals surface area contributed by atoms with Crippen molar-refractivity contribution >= 4 is 6.03 Å². The minimum Gasteiger partial charge on any atom is -0.335 e. The summed E-state index contributed by atoms with van der Waals surface area (Å²) in [4.78, 5) is 11.6. The molecular weight excluding hydrogens is 216 g/mol. The Kier molecular flexibility index (Phi) is 5.71. The number of aromatic nitrogens is 2. The van der Waals surface area contributed by atoms with E-state index in [1.165, 1.54) is 0 Å². The van der Waals surface area contributed by atoms with Gasteiger partial charge in [0.1, 0.15) is 0 Å². The standard InChI is InChI=1S/C12H18N4O/c1-3-6-10(4-2)15-12(17)13-9-11-7-5-8-14-16-11/h3,5,7-8,10H,1,4,6,9H2,2H3,(H2,13,15,17). The van der Waals surface area contributed by atoms with E-state index in [1.54, 1.807) is 18.3 Å². The highest BCUT2D eigenvalue weighted by molar-refractivity contribution is 5.74. The molecule has 1 aromatic heterocycles. The van der Waals surface area contributed by atoms with Crippen LogP contribution < -0.4 is 10.6 Å². The SMILES string of the molecule is C=CCC(CC)NC(=O)NCc1cccnn1. The second-order valence-corrected chi connectivity index (χ2v) is 3.67. The second-order valence-electron chi connectivity index (χ2n) is 3.67. The lowest BCUT2D eigenvalue weighted by Gasteiger charge is -2.15. The van der Waals surface area contributed by atoms with E-state index >= 15 is 0 Å².